The number of benzene rings is 1. The summed E-state index contributed by atoms with van der Waals surface area (Å²) in [5.74, 6) is -2.56. The van der Waals surface area contributed by atoms with Crippen molar-refractivity contribution >= 4 is 17.4 Å². The Morgan fingerprint density at radius 2 is 2.06 bits per heavy atom. The first-order valence-electron chi connectivity index (χ1n) is 5.00. The van der Waals surface area contributed by atoms with Crippen LogP contribution in [0.15, 0.2) is 12.1 Å². The van der Waals surface area contributed by atoms with Gasteiger partial charge in [0, 0.05) is 12.1 Å². The van der Waals surface area contributed by atoms with Gasteiger partial charge >= 0.3 is 5.97 Å². The van der Waals surface area contributed by atoms with Gasteiger partial charge in [0.15, 0.2) is 0 Å². The van der Waals surface area contributed by atoms with Crippen LogP contribution in [0.5, 0.6) is 0 Å². The number of hydrogen-bond donors (Lipinski definition) is 2. The minimum absolute atomic E-state index is 0.0233. The summed E-state index contributed by atoms with van der Waals surface area (Å²) in [4.78, 5) is 22.9. The molecule has 0 aliphatic rings. The second-order valence-electron chi connectivity index (χ2n) is 3.28. The summed E-state index contributed by atoms with van der Waals surface area (Å²) in [6.45, 7) is 1.59. The van der Waals surface area contributed by atoms with E-state index in [1.807, 2.05) is 0 Å². The number of esters is 1. The van der Waals surface area contributed by atoms with E-state index in [1.165, 1.54) is 0 Å². The van der Waals surface area contributed by atoms with Crippen LogP contribution in [0.4, 0.5) is 10.1 Å². The fourth-order valence-corrected chi connectivity index (χ4v) is 1.32. The van der Waals surface area contributed by atoms with E-state index in [4.69, 9.17) is 11.5 Å². The Balaban J connectivity index is 3.16. The summed E-state index contributed by atoms with van der Waals surface area (Å²) >= 11 is 0. The minimum atomic E-state index is -1.01. The van der Waals surface area contributed by atoms with Crippen molar-refractivity contribution in [3.63, 3.8) is 0 Å². The van der Waals surface area contributed by atoms with Crippen molar-refractivity contribution in [3.8, 4) is 0 Å². The lowest BCUT2D eigenvalue weighted by Gasteiger charge is -2.08. The molecule has 0 saturated heterocycles. The van der Waals surface area contributed by atoms with Crippen molar-refractivity contribution in [1.82, 2.24) is 0 Å². The van der Waals surface area contributed by atoms with Gasteiger partial charge in [0.1, 0.15) is 5.82 Å². The fraction of sp³-hybridized carbons (Fsp3) is 0.273. The first-order chi connectivity index (χ1) is 8.01. The van der Waals surface area contributed by atoms with Gasteiger partial charge in [-0.05, 0) is 24.6 Å². The zero-order valence-corrected chi connectivity index (χ0v) is 9.33. The van der Waals surface area contributed by atoms with Crippen molar-refractivity contribution in [2.24, 2.45) is 5.73 Å². The van der Waals surface area contributed by atoms with Crippen LogP contribution in [0.25, 0.3) is 0 Å². The summed E-state index contributed by atoms with van der Waals surface area (Å²) in [6.07, 6.45) is 0. The number of carbonyl (C=O) groups excluding carboxylic acids is 2. The standard InChI is InChI=1S/C11H13FN2O3/c1-2-17-11(16)10(15)7-4-9(14)8(12)3-6(7)5-13/h3-4H,2,5,13-14H2,1H3. The van der Waals surface area contributed by atoms with Crippen LogP contribution in [-0.4, -0.2) is 18.4 Å². The Morgan fingerprint density at radius 1 is 1.41 bits per heavy atom. The molecule has 0 atom stereocenters. The average Bonchev–Trinajstić information content (AvgIpc) is 2.31. The summed E-state index contributed by atoms with van der Waals surface area (Å²) in [5, 5.41) is 0. The van der Waals surface area contributed by atoms with Crippen molar-refractivity contribution in [1.29, 1.82) is 0 Å². The molecular weight excluding hydrogens is 227 g/mol. The van der Waals surface area contributed by atoms with E-state index in [2.05, 4.69) is 4.74 Å². The first-order valence-corrected chi connectivity index (χ1v) is 5.00. The lowest BCUT2D eigenvalue weighted by atomic mass is 10.0. The number of halogens is 1. The highest BCUT2D eigenvalue weighted by atomic mass is 19.1. The van der Waals surface area contributed by atoms with E-state index in [0.717, 1.165) is 12.1 Å². The van der Waals surface area contributed by atoms with Gasteiger partial charge in [-0.15, -0.1) is 0 Å². The van der Waals surface area contributed by atoms with E-state index in [0.29, 0.717) is 0 Å². The zero-order valence-electron chi connectivity index (χ0n) is 9.33. The Labute approximate surface area is 97.5 Å². The number of Topliss-reactive ketones (excluding diaryl/α,β-unsaturated/α-hetero) is 1. The van der Waals surface area contributed by atoms with Crippen LogP contribution in [-0.2, 0) is 16.1 Å². The average molecular weight is 240 g/mol. The Bertz CT molecular complexity index is 460. The Hall–Kier alpha value is -1.95. The molecule has 0 unspecified atom stereocenters. The number of ether oxygens (including phenoxy) is 1. The van der Waals surface area contributed by atoms with Crippen LogP contribution in [0.2, 0.25) is 0 Å². The summed E-state index contributed by atoms with van der Waals surface area (Å²) in [6, 6.07) is 2.14. The van der Waals surface area contributed by atoms with Crippen molar-refractivity contribution in [3.05, 3.63) is 29.1 Å². The fourth-order valence-electron chi connectivity index (χ4n) is 1.32. The molecule has 1 aromatic rings. The molecule has 0 aliphatic heterocycles. The number of rotatable bonds is 4. The van der Waals surface area contributed by atoms with Gasteiger partial charge < -0.3 is 16.2 Å². The molecule has 0 saturated carbocycles. The third-order valence-corrected chi connectivity index (χ3v) is 2.15. The summed E-state index contributed by atoms with van der Waals surface area (Å²) < 4.78 is 17.7. The molecule has 4 N–H and O–H groups in total. The highest BCUT2D eigenvalue weighted by Crippen LogP contribution is 2.18. The molecule has 6 heteroatoms. The molecule has 0 bridgehead atoms. The molecule has 0 amide bonds. The summed E-state index contributed by atoms with van der Waals surface area (Å²) in [7, 11) is 0. The number of carbonyl (C=O) groups is 2. The monoisotopic (exact) mass is 240 g/mol. The molecule has 0 fully saturated rings. The highest BCUT2D eigenvalue weighted by molar-refractivity contribution is 6.41. The first kappa shape index (κ1) is 13.1. The number of nitrogen functional groups attached to an aromatic ring is 1. The molecular formula is C11H13FN2O3. The van der Waals surface area contributed by atoms with Gasteiger partial charge in [-0.2, -0.15) is 0 Å². The van der Waals surface area contributed by atoms with E-state index >= 15 is 0 Å². The molecule has 0 radical (unpaired) electrons. The van der Waals surface area contributed by atoms with Crippen molar-refractivity contribution in [2.75, 3.05) is 12.3 Å². The molecule has 17 heavy (non-hydrogen) atoms. The summed E-state index contributed by atoms with van der Waals surface area (Å²) in [5.41, 5.74) is 10.7. The van der Waals surface area contributed by atoms with Crippen LogP contribution in [0.3, 0.4) is 0 Å². The Kier molecular flexibility index (Phi) is 4.17. The van der Waals surface area contributed by atoms with Crippen LogP contribution < -0.4 is 11.5 Å². The second kappa shape index (κ2) is 5.40. The van der Waals surface area contributed by atoms with E-state index in [9.17, 15) is 14.0 Å². The van der Waals surface area contributed by atoms with Crippen LogP contribution in [0, 0.1) is 5.82 Å². The van der Waals surface area contributed by atoms with E-state index in [1.54, 1.807) is 6.92 Å². The van der Waals surface area contributed by atoms with Crippen LogP contribution >= 0.6 is 0 Å². The van der Waals surface area contributed by atoms with Crippen molar-refractivity contribution in [2.45, 2.75) is 13.5 Å². The van der Waals surface area contributed by atoms with Crippen molar-refractivity contribution < 1.29 is 18.7 Å². The van der Waals surface area contributed by atoms with Crippen LogP contribution in [0.1, 0.15) is 22.8 Å². The van der Waals surface area contributed by atoms with Gasteiger partial charge in [0.2, 0.25) is 0 Å². The van der Waals surface area contributed by atoms with Gasteiger partial charge in [-0.3, -0.25) is 4.79 Å². The van der Waals surface area contributed by atoms with E-state index in [-0.39, 0.29) is 30.0 Å². The third-order valence-electron chi connectivity index (χ3n) is 2.15. The number of ketones is 1. The predicted molar refractivity (Wildman–Crippen MR) is 59.7 cm³/mol. The quantitative estimate of drug-likeness (QED) is 0.348. The molecule has 5 nitrogen and oxygen atoms in total. The van der Waals surface area contributed by atoms with Gasteiger partial charge in [-0.1, -0.05) is 0 Å². The smallest absolute Gasteiger partial charge is 0.379 e. The van der Waals surface area contributed by atoms with Gasteiger partial charge in [0.05, 0.1) is 12.3 Å². The number of nitrogens with two attached hydrogens (primary N) is 2. The molecule has 1 aromatic carbocycles. The zero-order chi connectivity index (χ0) is 13.0. The molecule has 0 spiro atoms. The molecule has 0 heterocycles. The molecule has 92 valence electrons. The maximum Gasteiger partial charge on any atom is 0.379 e. The SMILES string of the molecule is CCOC(=O)C(=O)c1cc(N)c(F)cc1CN. The molecule has 1 rings (SSSR count). The largest absolute Gasteiger partial charge is 0.460 e. The predicted octanol–water partition coefficient (Wildman–Crippen LogP) is 0.612. The lowest BCUT2D eigenvalue weighted by molar-refractivity contribution is -0.137. The Morgan fingerprint density at radius 3 is 2.59 bits per heavy atom. The third kappa shape index (κ3) is 2.79. The topological polar surface area (TPSA) is 95.4 Å². The van der Waals surface area contributed by atoms with E-state index < -0.39 is 17.6 Å². The number of anilines is 1. The lowest BCUT2D eigenvalue weighted by Crippen LogP contribution is -2.20. The minimum Gasteiger partial charge on any atom is -0.460 e. The second-order valence-corrected chi connectivity index (χ2v) is 3.28. The maximum absolute atomic E-state index is 13.2. The van der Waals surface area contributed by atoms with Gasteiger partial charge in [-0.25, -0.2) is 9.18 Å². The molecule has 0 aromatic heterocycles. The molecule has 0 aliphatic carbocycles. The highest BCUT2D eigenvalue weighted by Gasteiger charge is 2.21. The normalized spacial score (nSPS) is 10.1. The number of hydrogen-bond acceptors (Lipinski definition) is 5. The maximum atomic E-state index is 13.2. The van der Waals surface area contributed by atoms with Gasteiger partial charge in [0.25, 0.3) is 5.78 Å².